The van der Waals surface area contributed by atoms with Crippen LogP contribution in [0, 0.1) is 12.7 Å². The Kier molecular flexibility index (Phi) is 3.45. The lowest BCUT2D eigenvalue weighted by molar-refractivity contribution is 0.627. The maximum atomic E-state index is 13.1. The molecular formula is C12H13ClFN3. The van der Waals surface area contributed by atoms with Gasteiger partial charge in [0.05, 0.1) is 16.9 Å². The molecule has 0 amide bonds. The van der Waals surface area contributed by atoms with Crippen molar-refractivity contribution in [1.29, 1.82) is 0 Å². The second-order valence-corrected chi connectivity index (χ2v) is 4.20. The van der Waals surface area contributed by atoms with Crippen LogP contribution < -0.4 is 5.32 Å². The van der Waals surface area contributed by atoms with Crippen LogP contribution in [0.1, 0.15) is 11.3 Å². The van der Waals surface area contributed by atoms with Gasteiger partial charge in [-0.15, -0.1) is 0 Å². The van der Waals surface area contributed by atoms with Crippen molar-refractivity contribution < 1.29 is 4.39 Å². The van der Waals surface area contributed by atoms with Crippen molar-refractivity contribution in [3.8, 4) is 5.69 Å². The van der Waals surface area contributed by atoms with E-state index in [4.69, 9.17) is 11.6 Å². The van der Waals surface area contributed by atoms with Gasteiger partial charge in [0.2, 0.25) is 0 Å². The summed E-state index contributed by atoms with van der Waals surface area (Å²) in [4.78, 5) is 0. The predicted octanol–water partition coefficient (Wildman–Crippen LogP) is 2.69. The fraction of sp³-hybridized carbons (Fsp3) is 0.250. The van der Waals surface area contributed by atoms with E-state index >= 15 is 0 Å². The highest BCUT2D eigenvalue weighted by molar-refractivity contribution is 6.30. The molecule has 2 aromatic rings. The molecule has 1 aromatic carbocycles. The standard InChI is InChI=1S/C12H13ClFN3/c1-8-9(6-15-2)7-16-17(8)10-3-4-12(14)11(13)5-10/h3-5,7,15H,6H2,1-2H3. The molecular weight excluding hydrogens is 241 g/mol. The molecule has 0 saturated carbocycles. The number of aromatic nitrogens is 2. The van der Waals surface area contributed by atoms with Crippen molar-refractivity contribution in [2.24, 2.45) is 0 Å². The van der Waals surface area contributed by atoms with Gasteiger partial charge >= 0.3 is 0 Å². The summed E-state index contributed by atoms with van der Waals surface area (Å²) in [5, 5.41) is 7.45. The Labute approximate surface area is 104 Å². The highest BCUT2D eigenvalue weighted by atomic mass is 35.5. The van der Waals surface area contributed by atoms with Crippen molar-refractivity contribution in [3.63, 3.8) is 0 Å². The highest BCUT2D eigenvalue weighted by Crippen LogP contribution is 2.20. The molecule has 0 atom stereocenters. The third kappa shape index (κ3) is 2.33. The number of halogens is 2. The van der Waals surface area contributed by atoms with E-state index in [1.807, 2.05) is 14.0 Å². The Bertz CT molecular complexity index is 537. The molecule has 0 saturated heterocycles. The average Bonchev–Trinajstić information content (AvgIpc) is 2.66. The molecule has 90 valence electrons. The fourth-order valence-electron chi connectivity index (χ4n) is 1.68. The summed E-state index contributed by atoms with van der Waals surface area (Å²) in [7, 11) is 1.88. The van der Waals surface area contributed by atoms with Crippen molar-refractivity contribution >= 4 is 11.6 Å². The molecule has 0 unspecified atom stereocenters. The third-order valence-electron chi connectivity index (χ3n) is 2.63. The van der Waals surface area contributed by atoms with Gasteiger partial charge in [-0.3, -0.25) is 0 Å². The summed E-state index contributed by atoms with van der Waals surface area (Å²) >= 11 is 5.76. The molecule has 1 heterocycles. The van der Waals surface area contributed by atoms with Gasteiger partial charge in [-0.2, -0.15) is 5.10 Å². The fourth-order valence-corrected chi connectivity index (χ4v) is 1.86. The molecule has 2 rings (SSSR count). The molecule has 0 spiro atoms. The van der Waals surface area contributed by atoms with E-state index in [1.165, 1.54) is 6.07 Å². The molecule has 0 aliphatic rings. The normalized spacial score (nSPS) is 10.8. The number of nitrogens with zero attached hydrogens (tertiary/aromatic N) is 2. The number of hydrogen-bond donors (Lipinski definition) is 1. The Morgan fingerprint density at radius 3 is 2.88 bits per heavy atom. The van der Waals surface area contributed by atoms with Crippen LogP contribution in [0.5, 0.6) is 0 Å². The van der Waals surface area contributed by atoms with Gasteiger partial charge in [0.1, 0.15) is 5.82 Å². The summed E-state index contributed by atoms with van der Waals surface area (Å²) in [6.45, 7) is 2.72. The molecule has 0 aliphatic carbocycles. The third-order valence-corrected chi connectivity index (χ3v) is 2.92. The lowest BCUT2D eigenvalue weighted by Gasteiger charge is -2.06. The number of rotatable bonds is 3. The first-order valence-electron chi connectivity index (χ1n) is 5.27. The minimum Gasteiger partial charge on any atom is -0.316 e. The largest absolute Gasteiger partial charge is 0.316 e. The molecule has 5 heteroatoms. The number of nitrogens with one attached hydrogen (secondary N) is 1. The summed E-state index contributed by atoms with van der Waals surface area (Å²) in [6.07, 6.45) is 1.79. The van der Waals surface area contributed by atoms with Gasteiger partial charge in [-0.05, 0) is 32.2 Å². The van der Waals surface area contributed by atoms with Crippen LogP contribution >= 0.6 is 11.6 Å². The maximum absolute atomic E-state index is 13.1. The molecule has 0 fully saturated rings. The van der Waals surface area contributed by atoms with Gasteiger partial charge < -0.3 is 5.32 Å². The zero-order valence-electron chi connectivity index (χ0n) is 9.67. The van der Waals surface area contributed by atoms with Crippen LogP contribution in [0.3, 0.4) is 0 Å². The monoisotopic (exact) mass is 253 g/mol. The van der Waals surface area contributed by atoms with Crippen LogP contribution in [0.25, 0.3) is 5.69 Å². The average molecular weight is 254 g/mol. The van der Waals surface area contributed by atoms with E-state index in [9.17, 15) is 4.39 Å². The zero-order chi connectivity index (χ0) is 12.4. The first-order valence-corrected chi connectivity index (χ1v) is 5.65. The minimum atomic E-state index is -0.421. The molecule has 0 radical (unpaired) electrons. The van der Waals surface area contributed by atoms with E-state index in [0.29, 0.717) is 0 Å². The first-order chi connectivity index (χ1) is 8.13. The van der Waals surface area contributed by atoms with Gasteiger partial charge in [-0.1, -0.05) is 11.6 Å². The predicted molar refractivity (Wildman–Crippen MR) is 66.0 cm³/mol. The van der Waals surface area contributed by atoms with E-state index in [2.05, 4.69) is 10.4 Å². The van der Waals surface area contributed by atoms with Crippen molar-refractivity contribution in [3.05, 3.63) is 46.5 Å². The smallest absolute Gasteiger partial charge is 0.141 e. The molecule has 0 bridgehead atoms. The van der Waals surface area contributed by atoms with E-state index < -0.39 is 5.82 Å². The Morgan fingerprint density at radius 1 is 1.47 bits per heavy atom. The van der Waals surface area contributed by atoms with Crippen LogP contribution in [0.15, 0.2) is 24.4 Å². The summed E-state index contributed by atoms with van der Waals surface area (Å²) in [5.74, 6) is -0.421. The SMILES string of the molecule is CNCc1cnn(-c2ccc(F)c(Cl)c2)c1C. The van der Waals surface area contributed by atoms with Gasteiger partial charge in [0.25, 0.3) is 0 Å². The molecule has 17 heavy (non-hydrogen) atoms. The summed E-state index contributed by atoms with van der Waals surface area (Å²) < 4.78 is 14.8. The Hall–Kier alpha value is -1.39. The van der Waals surface area contributed by atoms with E-state index in [-0.39, 0.29) is 5.02 Å². The van der Waals surface area contributed by atoms with Crippen LogP contribution in [0.2, 0.25) is 5.02 Å². The molecule has 1 N–H and O–H groups in total. The van der Waals surface area contributed by atoms with Gasteiger partial charge in [0, 0.05) is 17.8 Å². The Balaban J connectivity index is 2.42. The summed E-state index contributed by atoms with van der Waals surface area (Å²) in [5.41, 5.74) is 2.88. The molecule has 0 aliphatic heterocycles. The quantitative estimate of drug-likeness (QED) is 0.912. The lowest BCUT2D eigenvalue weighted by Crippen LogP contribution is -2.06. The van der Waals surface area contributed by atoms with Gasteiger partial charge in [-0.25, -0.2) is 9.07 Å². The minimum absolute atomic E-state index is 0.104. The van der Waals surface area contributed by atoms with Gasteiger partial charge in [0.15, 0.2) is 0 Å². The van der Waals surface area contributed by atoms with Crippen molar-refractivity contribution in [2.75, 3.05) is 7.05 Å². The molecule has 1 aromatic heterocycles. The summed E-state index contributed by atoms with van der Waals surface area (Å²) in [6, 6.07) is 4.57. The second-order valence-electron chi connectivity index (χ2n) is 3.80. The van der Waals surface area contributed by atoms with Crippen LogP contribution in [-0.4, -0.2) is 16.8 Å². The topological polar surface area (TPSA) is 29.9 Å². The first kappa shape index (κ1) is 12.1. The number of hydrogen-bond acceptors (Lipinski definition) is 2. The molecule has 3 nitrogen and oxygen atoms in total. The van der Waals surface area contributed by atoms with Crippen molar-refractivity contribution in [2.45, 2.75) is 13.5 Å². The second kappa shape index (κ2) is 4.85. The van der Waals surface area contributed by atoms with E-state index in [0.717, 1.165) is 23.5 Å². The van der Waals surface area contributed by atoms with E-state index in [1.54, 1.807) is 23.0 Å². The zero-order valence-corrected chi connectivity index (χ0v) is 10.4. The van der Waals surface area contributed by atoms with Crippen LogP contribution in [-0.2, 0) is 6.54 Å². The maximum Gasteiger partial charge on any atom is 0.141 e. The van der Waals surface area contributed by atoms with Crippen LogP contribution in [0.4, 0.5) is 4.39 Å². The Morgan fingerprint density at radius 2 is 2.24 bits per heavy atom. The number of benzene rings is 1. The highest BCUT2D eigenvalue weighted by Gasteiger charge is 2.09. The van der Waals surface area contributed by atoms with Crippen molar-refractivity contribution in [1.82, 2.24) is 15.1 Å². The lowest BCUT2D eigenvalue weighted by atomic mass is 10.2.